The van der Waals surface area contributed by atoms with Crippen LogP contribution in [0.4, 0.5) is 0 Å². The highest BCUT2D eigenvalue weighted by molar-refractivity contribution is 7.98. The molecule has 0 aliphatic rings. The molecule has 100 valence electrons. The topological polar surface area (TPSA) is 67.3 Å². The Morgan fingerprint density at radius 2 is 2.05 bits per heavy atom. The summed E-state index contributed by atoms with van der Waals surface area (Å²) in [5, 5.41) is 8.07. The van der Waals surface area contributed by atoms with E-state index in [9.17, 15) is 0 Å². The smallest absolute Gasteiger partial charge is 0.127 e. The van der Waals surface area contributed by atoms with E-state index in [2.05, 4.69) is 25.1 Å². The van der Waals surface area contributed by atoms with Gasteiger partial charge >= 0.3 is 0 Å². The Morgan fingerprint density at radius 3 is 2.80 bits per heavy atom. The summed E-state index contributed by atoms with van der Waals surface area (Å²) >= 11 is 1.60. The molecule has 0 fully saturated rings. The number of nitrogens with one attached hydrogen (secondary N) is 1. The number of H-pyrrole nitrogens is 1. The maximum atomic E-state index is 4.50. The number of rotatable bonds is 3. The molecule has 0 spiro atoms. The molecule has 3 aromatic heterocycles. The van der Waals surface area contributed by atoms with Crippen LogP contribution < -0.4 is 0 Å². The van der Waals surface area contributed by atoms with E-state index in [4.69, 9.17) is 0 Å². The number of hydrogen-bond donors (Lipinski definition) is 1. The highest BCUT2D eigenvalue weighted by Crippen LogP contribution is 2.29. The normalized spacial score (nSPS) is 10.7. The molecular weight excluding hydrogens is 270 g/mol. The fourth-order valence-corrected chi connectivity index (χ4v) is 2.42. The predicted octanol–water partition coefficient (Wildman–Crippen LogP) is 2.96. The van der Waals surface area contributed by atoms with Crippen LogP contribution in [-0.2, 0) is 0 Å². The summed E-state index contributed by atoms with van der Waals surface area (Å²) in [5.74, 6) is 0.750. The first-order valence-electron chi connectivity index (χ1n) is 6.13. The number of aryl methyl sites for hydroxylation is 1. The van der Waals surface area contributed by atoms with E-state index in [1.54, 1.807) is 24.2 Å². The van der Waals surface area contributed by atoms with Gasteiger partial charge in [-0.2, -0.15) is 5.10 Å². The molecule has 3 heterocycles. The summed E-state index contributed by atoms with van der Waals surface area (Å²) in [7, 11) is 0. The third-order valence-corrected chi connectivity index (χ3v) is 3.49. The Kier molecular flexibility index (Phi) is 3.47. The average molecular weight is 283 g/mol. The molecule has 20 heavy (non-hydrogen) atoms. The Bertz CT molecular complexity index is 723. The molecule has 0 unspecified atom stereocenters. The first kappa shape index (κ1) is 12.8. The van der Waals surface area contributed by atoms with Crippen LogP contribution in [0.5, 0.6) is 0 Å². The highest BCUT2D eigenvalue weighted by Gasteiger charge is 2.13. The number of aromatic amines is 1. The van der Waals surface area contributed by atoms with Crippen molar-refractivity contribution in [2.24, 2.45) is 0 Å². The fraction of sp³-hybridized carbons (Fsp3) is 0.143. The SMILES string of the molecule is CSc1cc(-c2cn[nH]c2-c2ccccn2)nc(C)n1. The molecular formula is C14H13N5S. The highest BCUT2D eigenvalue weighted by atomic mass is 32.2. The van der Waals surface area contributed by atoms with Crippen molar-refractivity contribution in [3.63, 3.8) is 0 Å². The zero-order valence-electron chi connectivity index (χ0n) is 11.2. The van der Waals surface area contributed by atoms with Gasteiger partial charge in [0.2, 0.25) is 0 Å². The molecule has 0 aromatic carbocycles. The average Bonchev–Trinajstić information content (AvgIpc) is 2.97. The van der Waals surface area contributed by atoms with Crippen LogP contribution in [0.1, 0.15) is 5.82 Å². The minimum Gasteiger partial charge on any atom is -0.276 e. The maximum Gasteiger partial charge on any atom is 0.127 e. The van der Waals surface area contributed by atoms with E-state index in [-0.39, 0.29) is 0 Å². The molecule has 3 aromatic rings. The summed E-state index contributed by atoms with van der Waals surface area (Å²) in [6.45, 7) is 1.89. The van der Waals surface area contributed by atoms with Crippen LogP contribution in [0.2, 0.25) is 0 Å². The van der Waals surface area contributed by atoms with Crippen LogP contribution in [0, 0.1) is 6.92 Å². The van der Waals surface area contributed by atoms with Crippen molar-refractivity contribution >= 4 is 11.8 Å². The van der Waals surface area contributed by atoms with Crippen molar-refractivity contribution in [2.75, 3.05) is 6.26 Å². The van der Waals surface area contributed by atoms with Gasteiger partial charge in [0, 0.05) is 11.8 Å². The van der Waals surface area contributed by atoms with E-state index >= 15 is 0 Å². The Labute approximate surface area is 120 Å². The molecule has 3 rings (SSSR count). The molecule has 1 N–H and O–H groups in total. The molecule has 0 aliphatic heterocycles. The van der Waals surface area contributed by atoms with Gasteiger partial charge in [0.25, 0.3) is 0 Å². The van der Waals surface area contributed by atoms with Crippen LogP contribution in [0.3, 0.4) is 0 Å². The van der Waals surface area contributed by atoms with Gasteiger partial charge in [-0.3, -0.25) is 10.1 Å². The summed E-state index contributed by atoms with van der Waals surface area (Å²) < 4.78 is 0. The molecule has 0 atom stereocenters. The molecule has 0 saturated heterocycles. The third kappa shape index (κ3) is 2.42. The number of aromatic nitrogens is 5. The van der Waals surface area contributed by atoms with Gasteiger partial charge in [-0.1, -0.05) is 6.07 Å². The number of hydrogen-bond acceptors (Lipinski definition) is 5. The number of thioether (sulfide) groups is 1. The lowest BCUT2D eigenvalue weighted by molar-refractivity contribution is 0.974. The first-order valence-corrected chi connectivity index (χ1v) is 7.35. The standard InChI is InChI=1S/C14H13N5S/c1-9-17-12(7-13(18-9)20-2)10-8-16-19-14(10)11-5-3-4-6-15-11/h3-8H,1-2H3,(H,16,19). The lowest BCUT2D eigenvalue weighted by Gasteiger charge is -2.05. The second kappa shape index (κ2) is 5.42. The largest absolute Gasteiger partial charge is 0.276 e. The summed E-state index contributed by atoms with van der Waals surface area (Å²) in [6, 6.07) is 7.75. The van der Waals surface area contributed by atoms with E-state index < -0.39 is 0 Å². The predicted molar refractivity (Wildman–Crippen MR) is 79.4 cm³/mol. The minimum atomic E-state index is 0.750. The van der Waals surface area contributed by atoms with Crippen LogP contribution in [0.15, 0.2) is 41.7 Å². The van der Waals surface area contributed by atoms with E-state index in [1.807, 2.05) is 37.4 Å². The molecule has 0 saturated carbocycles. The summed E-state index contributed by atoms with van der Waals surface area (Å²) in [6.07, 6.45) is 5.54. The molecule has 5 nitrogen and oxygen atoms in total. The van der Waals surface area contributed by atoms with Gasteiger partial charge in [-0.15, -0.1) is 11.8 Å². The van der Waals surface area contributed by atoms with Crippen molar-refractivity contribution in [3.05, 3.63) is 42.5 Å². The van der Waals surface area contributed by atoms with Gasteiger partial charge < -0.3 is 0 Å². The Balaban J connectivity index is 2.13. The van der Waals surface area contributed by atoms with E-state index in [0.717, 1.165) is 33.5 Å². The summed E-state index contributed by atoms with van der Waals surface area (Å²) in [4.78, 5) is 13.2. The van der Waals surface area contributed by atoms with Crippen molar-refractivity contribution in [1.29, 1.82) is 0 Å². The van der Waals surface area contributed by atoms with Crippen molar-refractivity contribution < 1.29 is 0 Å². The molecule has 6 heteroatoms. The second-order valence-corrected chi connectivity index (χ2v) is 5.04. The van der Waals surface area contributed by atoms with Gasteiger partial charge in [-0.05, 0) is 31.4 Å². The van der Waals surface area contributed by atoms with Crippen molar-refractivity contribution in [2.45, 2.75) is 11.9 Å². The quantitative estimate of drug-likeness (QED) is 0.591. The zero-order chi connectivity index (χ0) is 13.9. The van der Waals surface area contributed by atoms with Crippen molar-refractivity contribution in [1.82, 2.24) is 25.1 Å². The Morgan fingerprint density at radius 1 is 1.15 bits per heavy atom. The van der Waals surface area contributed by atoms with Gasteiger partial charge in [0.15, 0.2) is 0 Å². The third-order valence-electron chi connectivity index (χ3n) is 2.86. The second-order valence-electron chi connectivity index (χ2n) is 4.22. The number of pyridine rings is 1. The summed E-state index contributed by atoms with van der Waals surface area (Å²) in [5.41, 5.74) is 3.51. The van der Waals surface area contributed by atoms with Crippen molar-refractivity contribution in [3.8, 4) is 22.6 Å². The van der Waals surface area contributed by atoms with E-state index in [1.165, 1.54) is 0 Å². The van der Waals surface area contributed by atoms with Crippen LogP contribution >= 0.6 is 11.8 Å². The lowest BCUT2D eigenvalue weighted by Crippen LogP contribution is -1.94. The zero-order valence-corrected chi connectivity index (χ0v) is 12.0. The van der Waals surface area contributed by atoms with Crippen LogP contribution in [0.25, 0.3) is 22.6 Å². The minimum absolute atomic E-state index is 0.750. The molecule has 0 bridgehead atoms. The fourth-order valence-electron chi connectivity index (χ4n) is 1.97. The van der Waals surface area contributed by atoms with Crippen LogP contribution in [-0.4, -0.2) is 31.4 Å². The van der Waals surface area contributed by atoms with Gasteiger partial charge in [-0.25, -0.2) is 9.97 Å². The lowest BCUT2D eigenvalue weighted by atomic mass is 10.1. The first-order chi connectivity index (χ1) is 9.78. The maximum absolute atomic E-state index is 4.50. The molecule has 0 amide bonds. The molecule has 0 radical (unpaired) electrons. The Hall–Kier alpha value is -2.21. The molecule has 0 aliphatic carbocycles. The van der Waals surface area contributed by atoms with E-state index in [0.29, 0.717) is 0 Å². The van der Waals surface area contributed by atoms with Gasteiger partial charge in [0.1, 0.15) is 10.9 Å². The van der Waals surface area contributed by atoms with Gasteiger partial charge in [0.05, 0.1) is 23.3 Å². The monoisotopic (exact) mass is 283 g/mol. The number of nitrogens with zero attached hydrogens (tertiary/aromatic N) is 4.